The lowest BCUT2D eigenvalue weighted by atomic mass is 9.90. The first-order valence-electron chi connectivity index (χ1n) is 26.1. The fourth-order valence-electron chi connectivity index (χ4n) is 12.6. The highest BCUT2D eigenvalue weighted by Crippen LogP contribution is 2.41. The Morgan fingerprint density at radius 2 is 1.68 bits per heavy atom. The number of nitrogens with zero attached hydrogens (tertiary/aromatic N) is 9. The summed E-state index contributed by atoms with van der Waals surface area (Å²) in [6.45, 7) is 12.4. The van der Waals surface area contributed by atoms with Gasteiger partial charge in [0.2, 0.25) is 17.7 Å². The molecule has 2 aromatic carbocycles. The van der Waals surface area contributed by atoms with Gasteiger partial charge in [0, 0.05) is 129 Å². The Kier molecular flexibility index (Phi) is 12.8. The molecule has 5 N–H and O–H groups in total. The van der Waals surface area contributed by atoms with Crippen LogP contribution in [0.1, 0.15) is 107 Å². The van der Waals surface area contributed by atoms with Crippen molar-refractivity contribution in [1.29, 1.82) is 0 Å². The van der Waals surface area contributed by atoms with Gasteiger partial charge >= 0.3 is 0 Å². The number of piperazine rings is 1. The Morgan fingerprint density at radius 3 is 2.43 bits per heavy atom. The van der Waals surface area contributed by atoms with Crippen LogP contribution in [-0.4, -0.2) is 126 Å². The number of aryl methyl sites for hydroxylation is 1. The monoisotopic (exact) mass is 1030 g/mol. The predicted molar refractivity (Wildman–Crippen MR) is 285 cm³/mol. The second-order valence-electron chi connectivity index (χ2n) is 21.9. The third-order valence-electron chi connectivity index (χ3n) is 16.2. The van der Waals surface area contributed by atoms with Crippen molar-refractivity contribution in [3.05, 3.63) is 117 Å². The maximum Gasteiger partial charge on any atom is 0.293 e. The number of hydrogen-bond donors (Lipinski definition) is 4. The van der Waals surface area contributed by atoms with Crippen LogP contribution in [0.2, 0.25) is 0 Å². The number of imide groups is 2. The summed E-state index contributed by atoms with van der Waals surface area (Å²) in [7, 11) is 1.63. The number of aliphatic hydroxyl groups is 1. The first-order valence-corrected chi connectivity index (χ1v) is 26.1. The zero-order valence-corrected chi connectivity index (χ0v) is 43.3. The summed E-state index contributed by atoms with van der Waals surface area (Å²) >= 11 is 0. The van der Waals surface area contributed by atoms with Gasteiger partial charge in [-0.05, 0) is 112 Å². The molecule has 0 radical (unpaired) electrons. The number of carbonyl (C=O) groups excluding carboxylic acids is 6. The summed E-state index contributed by atoms with van der Waals surface area (Å²) in [5.41, 5.74) is 13.2. The van der Waals surface area contributed by atoms with Crippen molar-refractivity contribution in [3.8, 4) is 11.3 Å². The molecule has 0 spiro atoms. The summed E-state index contributed by atoms with van der Waals surface area (Å²) in [5, 5.41) is 16.3. The van der Waals surface area contributed by atoms with E-state index in [4.69, 9.17) is 10.7 Å². The number of pyridine rings is 1. The molecule has 3 fully saturated rings. The van der Waals surface area contributed by atoms with Crippen LogP contribution in [0, 0.1) is 5.41 Å². The van der Waals surface area contributed by atoms with Crippen molar-refractivity contribution in [2.45, 2.75) is 104 Å². The molecule has 76 heavy (non-hydrogen) atoms. The number of hydrogen-bond acceptors (Lipinski definition) is 14. The minimum absolute atomic E-state index is 0.0302. The van der Waals surface area contributed by atoms with E-state index < -0.39 is 47.7 Å². The van der Waals surface area contributed by atoms with Crippen LogP contribution in [0.3, 0.4) is 0 Å². The second-order valence-corrected chi connectivity index (χ2v) is 21.9. The summed E-state index contributed by atoms with van der Waals surface area (Å²) in [5.74, 6) is -2.52. The maximum atomic E-state index is 14.1. The van der Waals surface area contributed by atoms with Gasteiger partial charge in [0.25, 0.3) is 23.3 Å². The van der Waals surface area contributed by atoms with Crippen molar-refractivity contribution in [1.82, 2.24) is 34.2 Å². The molecule has 0 saturated carbocycles. The third kappa shape index (κ3) is 8.91. The van der Waals surface area contributed by atoms with E-state index in [1.807, 2.05) is 30.3 Å². The number of carbonyl (C=O) groups is 6. The van der Waals surface area contributed by atoms with Crippen LogP contribution in [0.5, 0.6) is 0 Å². The smallest absolute Gasteiger partial charge is 0.293 e. The third-order valence-corrected chi connectivity index (χ3v) is 16.2. The van der Waals surface area contributed by atoms with Gasteiger partial charge in [0.1, 0.15) is 17.6 Å². The van der Waals surface area contributed by atoms with Crippen LogP contribution in [0.4, 0.5) is 28.7 Å². The van der Waals surface area contributed by atoms with Crippen LogP contribution in [0.25, 0.3) is 17.3 Å². The number of aromatic nitrogens is 4. The number of fused-ring (bicyclic) bond motifs is 4. The van der Waals surface area contributed by atoms with E-state index in [1.165, 1.54) is 21.9 Å². The zero-order valence-electron chi connectivity index (χ0n) is 43.3. The summed E-state index contributed by atoms with van der Waals surface area (Å²) in [4.78, 5) is 110. The van der Waals surface area contributed by atoms with E-state index in [2.05, 4.69) is 62.6 Å². The van der Waals surface area contributed by atoms with Gasteiger partial charge in [-0.15, -0.1) is 0 Å². The molecule has 2 unspecified atom stereocenters. The molecule has 8 heterocycles. The lowest BCUT2D eigenvalue weighted by Crippen LogP contribution is -2.58. The van der Waals surface area contributed by atoms with Crippen molar-refractivity contribution in [3.63, 3.8) is 0 Å². The standard InChI is InChI=1S/C56H62N12O8/c1-31-22-36(15-17-64(31)37-8-9-39-40(25-37)53(74)68(52(39)73)44-11-13-48(71)61-51(44)72)63-18-19-65(32(2)28-63)43-10-7-35(23-33(43)6-12-47(57)70)59-49-55(76)62(5)29-42(60-49)38-14-16-58-50(41(38)30-69)67-21-20-66-45(54(67)75)24-34-26-56(3,4)27-46(34)66/h6-10,12,14,16,23-25,29,31-32,36,44,69H,11,13,15,17-22,26-28,30H2,1-5H3,(H2,57,70)(H,59,60)(H,61,71,72)/t31-,32-,36?,44?/m0/s1. The molecule has 5 aliphatic heterocycles. The van der Waals surface area contributed by atoms with Gasteiger partial charge in [-0.1, -0.05) is 13.8 Å². The lowest BCUT2D eigenvalue weighted by molar-refractivity contribution is -0.136. The zero-order chi connectivity index (χ0) is 53.5. The van der Waals surface area contributed by atoms with Gasteiger partial charge in [0.15, 0.2) is 5.82 Å². The molecule has 4 atom stereocenters. The number of primary amides is 1. The molecule has 394 valence electrons. The van der Waals surface area contributed by atoms with Crippen molar-refractivity contribution >= 4 is 70.2 Å². The molecule has 1 aliphatic carbocycles. The van der Waals surface area contributed by atoms with E-state index in [0.717, 1.165) is 61.6 Å². The van der Waals surface area contributed by atoms with Crippen molar-refractivity contribution in [2.24, 2.45) is 18.2 Å². The highest BCUT2D eigenvalue weighted by atomic mass is 16.3. The molecule has 3 aromatic heterocycles. The van der Waals surface area contributed by atoms with Crippen LogP contribution >= 0.6 is 0 Å². The normalized spacial score (nSPS) is 22.6. The van der Waals surface area contributed by atoms with Crippen LogP contribution in [-0.2, 0) is 47.4 Å². The van der Waals surface area contributed by atoms with E-state index >= 15 is 0 Å². The van der Waals surface area contributed by atoms with Crippen molar-refractivity contribution in [2.75, 3.05) is 52.7 Å². The number of rotatable bonds is 11. The number of aliphatic hydroxyl groups excluding tert-OH is 1. The molecule has 3 saturated heterocycles. The fourth-order valence-corrected chi connectivity index (χ4v) is 12.6. The van der Waals surface area contributed by atoms with E-state index in [-0.39, 0.29) is 53.2 Å². The van der Waals surface area contributed by atoms with Gasteiger partial charge in [-0.3, -0.25) is 53.6 Å². The minimum atomic E-state index is -1.02. The van der Waals surface area contributed by atoms with E-state index in [1.54, 1.807) is 48.6 Å². The molecular formula is C56H62N12O8. The topological polar surface area (TPSA) is 242 Å². The predicted octanol–water partition coefficient (Wildman–Crippen LogP) is 4.13. The van der Waals surface area contributed by atoms with E-state index in [0.29, 0.717) is 65.3 Å². The molecule has 20 heteroatoms. The average molecular weight is 1030 g/mol. The van der Waals surface area contributed by atoms with Gasteiger partial charge < -0.3 is 35.1 Å². The average Bonchev–Trinajstić information content (AvgIpc) is 4.00. The first-order chi connectivity index (χ1) is 36.4. The highest BCUT2D eigenvalue weighted by Gasteiger charge is 2.45. The first kappa shape index (κ1) is 50.2. The number of piperidine rings is 2. The largest absolute Gasteiger partial charge is 0.392 e. The molecule has 0 bridgehead atoms. The number of amides is 6. The molecule has 5 aromatic rings. The second kappa shape index (κ2) is 19.3. The van der Waals surface area contributed by atoms with Gasteiger partial charge in [-0.2, -0.15) is 0 Å². The molecular weight excluding hydrogens is 969 g/mol. The minimum Gasteiger partial charge on any atom is -0.392 e. The molecule has 20 nitrogen and oxygen atoms in total. The lowest BCUT2D eigenvalue weighted by Gasteiger charge is -2.48. The number of benzene rings is 2. The van der Waals surface area contributed by atoms with Crippen molar-refractivity contribution < 1.29 is 33.9 Å². The van der Waals surface area contributed by atoms with Gasteiger partial charge in [-0.25, -0.2) is 9.97 Å². The maximum absolute atomic E-state index is 14.1. The SMILES string of the molecule is C[C@H]1CC(N2CCN(c3ccc(Nc4nc(-c5ccnc(N6CCn7c(cc8c7CC(C)(C)C8)C6=O)c5CO)cn(C)c4=O)cc3C=CC(N)=O)[C@@H](C)C2)CCN1c1ccc2c(c1)C(=O)N(C1CCC(=O)NC1=O)C2=O. The molecule has 6 aliphatic rings. The fraction of sp³-hybridized carbons (Fsp3) is 0.411. The Hall–Kier alpha value is -7.97. The number of nitrogens with two attached hydrogens (primary N) is 1. The van der Waals surface area contributed by atoms with Crippen LogP contribution < -0.4 is 36.6 Å². The Bertz CT molecular complexity index is 3380. The Balaban J connectivity index is 0.775. The molecule has 11 rings (SSSR count). The Labute approximate surface area is 439 Å². The quantitative estimate of drug-likeness (QED) is 0.108. The molecule has 6 amide bonds. The number of anilines is 5. The summed E-state index contributed by atoms with van der Waals surface area (Å²) in [6, 6.07) is 14.2. The Morgan fingerprint density at radius 1 is 0.882 bits per heavy atom. The number of nitrogens with one attached hydrogen (secondary N) is 2. The van der Waals surface area contributed by atoms with E-state index in [9.17, 15) is 38.7 Å². The van der Waals surface area contributed by atoms with Crippen LogP contribution in [0.15, 0.2) is 71.8 Å². The highest BCUT2D eigenvalue weighted by molar-refractivity contribution is 6.23. The summed E-state index contributed by atoms with van der Waals surface area (Å²) < 4.78 is 3.55. The van der Waals surface area contributed by atoms with Gasteiger partial charge in [0.05, 0.1) is 23.4 Å². The summed E-state index contributed by atoms with van der Waals surface area (Å²) in [6.07, 6.45) is 9.90.